The summed E-state index contributed by atoms with van der Waals surface area (Å²) in [6.07, 6.45) is 0. The van der Waals surface area contributed by atoms with Crippen LogP contribution in [0.25, 0.3) is 41.7 Å². The van der Waals surface area contributed by atoms with Crippen molar-refractivity contribution in [3.05, 3.63) is 127 Å². The fourth-order valence-electron chi connectivity index (χ4n) is 5.17. The highest BCUT2D eigenvalue weighted by Crippen LogP contribution is 2.48. The second kappa shape index (κ2) is 7.72. The van der Waals surface area contributed by atoms with Crippen LogP contribution in [-0.2, 0) is 0 Å². The molecule has 7 aromatic rings. The number of fused-ring (bicyclic) bond motifs is 8. The molecule has 0 amide bonds. The van der Waals surface area contributed by atoms with Gasteiger partial charge in [0.15, 0.2) is 0 Å². The van der Waals surface area contributed by atoms with Crippen LogP contribution in [0.3, 0.4) is 0 Å². The zero-order valence-electron chi connectivity index (χ0n) is 18.5. The van der Waals surface area contributed by atoms with Crippen molar-refractivity contribution in [1.82, 2.24) is 0 Å². The summed E-state index contributed by atoms with van der Waals surface area (Å²) in [5, 5.41) is 7.97. The predicted molar refractivity (Wildman–Crippen MR) is 149 cm³/mol. The quantitative estimate of drug-likeness (QED) is 0.242. The van der Waals surface area contributed by atoms with Crippen molar-refractivity contribution in [3.8, 4) is 0 Å². The van der Waals surface area contributed by atoms with E-state index in [2.05, 4.69) is 132 Å². The molecule has 34 heavy (non-hydrogen) atoms. The molecular weight excluding hydrogens is 430 g/mol. The van der Waals surface area contributed by atoms with Gasteiger partial charge in [0.1, 0.15) is 0 Å². The van der Waals surface area contributed by atoms with E-state index in [4.69, 9.17) is 0 Å². The summed E-state index contributed by atoms with van der Waals surface area (Å²) in [5.41, 5.74) is 3.53. The van der Waals surface area contributed by atoms with Gasteiger partial charge in [0.25, 0.3) is 0 Å². The molecule has 0 saturated carbocycles. The minimum atomic E-state index is 1.16. The van der Waals surface area contributed by atoms with E-state index >= 15 is 0 Å². The van der Waals surface area contributed by atoms with Crippen LogP contribution in [0.5, 0.6) is 0 Å². The molecule has 0 aliphatic rings. The predicted octanol–water partition coefficient (Wildman–Crippen LogP) is 9.83. The highest BCUT2D eigenvalue weighted by Gasteiger charge is 2.20. The van der Waals surface area contributed by atoms with Crippen molar-refractivity contribution >= 4 is 70.1 Å². The molecule has 0 aliphatic heterocycles. The molecule has 0 aliphatic carbocycles. The van der Waals surface area contributed by atoms with Crippen molar-refractivity contribution in [2.24, 2.45) is 0 Å². The zero-order chi connectivity index (χ0) is 22.5. The third kappa shape index (κ3) is 2.86. The molecule has 0 saturated heterocycles. The standard InChI is InChI=1S/C32H21NS/c1-3-12-22(13-4-1)33(23-14-5-2-6-15-23)29-21-11-20-28-30-26-18-9-7-16-24(26)25-17-8-10-19-27(25)32(30)34-31(28)29/h1-21H. The minimum Gasteiger partial charge on any atom is -0.309 e. The van der Waals surface area contributed by atoms with E-state index in [0.717, 1.165) is 11.4 Å². The van der Waals surface area contributed by atoms with Crippen molar-refractivity contribution in [1.29, 1.82) is 0 Å². The molecule has 1 nitrogen and oxygen atoms in total. The number of hydrogen-bond donors (Lipinski definition) is 0. The van der Waals surface area contributed by atoms with Crippen molar-refractivity contribution < 1.29 is 0 Å². The average molecular weight is 452 g/mol. The largest absolute Gasteiger partial charge is 0.309 e. The van der Waals surface area contributed by atoms with E-state index in [1.54, 1.807) is 0 Å². The molecule has 2 heteroatoms. The van der Waals surface area contributed by atoms with Gasteiger partial charge in [0, 0.05) is 32.2 Å². The normalized spacial score (nSPS) is 11.5. The Morgan fingerprint density at radius 1 is 0.382 bits per heavy atom. The van der Waals surface area contributed by atoms with Crippen molar-refractivity contribution in [2.45, 2.75) is 0 Å². The minimum absolute atomic E-state index is 1.16. The second-order valence-electron chi connectivity index (χ2n) is 8.56. The molecule has 0 bridgehead atoms. The topological polar surface area (TPSA) is 3.24 Å². The van der Waals surface area contributed by atoms with Gasteiger partial charge in [-0.2, -0.15) is 0 Å². The van der Waals surface area contributed by atoms with E-state index in [0.29, 0.717) is 0 Å². The molecule has 160 valence electrons. The van der Waals surface area contributed by atoms with Crippen LogP contribution in [0.4, 0.5) is 17.1 Å². The van der Waals surface area contributed by atoms with Gasteiger partial charge < -0.3 is 4.90 Å². The summed E-state index contributed by atoms with van der Waals surface area (Å²) in [5.74, 6) is 0. The molecule has 6 aromatic carbocycles. The molecule has 1 aromatic heterocycles. The van der Waals surface area contributed by atoms with Crippen LogP contribution < -0.4 is 4.90 Å². The first kappa shape index (κ1) is 19.3. The Morgan fingerprint density at radius 2 is 0.882 bits per heavy atom. The number of benzene rings is 6. The third-order valence-corrected chi connectivity index (χ3v) is 7.88. The molecule has 0 fully saturated rings. The fourth-order valence-corrected chi connectivity index (χ4v) is 6.53. The van der Waals surface area contributed by atoms with Gasteiger partial charge in [-0.25, -0.2) is 0 Å². The van der Waals surface area contributed by atoms with Crippen LogP contribution in [0.1, 0.15) is 0 Å². The fraction of sp³-hybridized carbons (Fsp3) is 0. The van der Waals surface area contributed by atoms with Gasteiger partial charge in [-0.3, -0.25) is 0 Å². The highest BCUT2D eigenvalue weighted by atomic mass is 32.1. The lowest BCUT2D eigenvalue weighted by Crippen LogP contribution is -2.09. The molecule has 0 unspecified atom stereocenters. The van der Waals surface area contributed by atoms with Gasteiger partial charge >= 0.3 is 0 Å². The van der Waals surface area contributed by atoms with Gasteiger partial charge in [-0.1, -0.05) is 97.1 Å². The Labute approximate surface area is 202 Å². The molecule has 0 atom stereocenters. The van der Waals surface area contributed by atoms with E-state index in [1.807, 2.05) is 11.3 Å². The number of anilines is 3. The molecule has 0 radical (unpaired) electrons. The maximum atomic E-state index is 2.38. The van der Waals surface area contributed by atoms with Crippen molar-refractivity contribution in [2.75, 3.05) is 4.90 Å². The lowest BCUT2D eigenvalue weighted by Gasteiger charge is -2.25. The maximum absolute atomic E-state index is 2.38. The van der Waals surface area contributed by atoms with E-state index in [-0.39, 0.29) is 0 Å². The Balaban J connectivity index is 1.63. The van der Waals surface area contributed by atoms with E-state index in [1.165, 1.54) is 47.4 Å². The molecular formula is C32H21NS. The van der Waals surface area contributed by atoms with Crippen LogP contribution in [0.2, 0.25) is 0 Å². The Morgan fingerprint density at radius 3 is 1.53 bits per heavy atom. The van der Waals surface area contributed by atoms with E-state index < -0.39 is 0 Å². The Kier molecular flexibility index (Phi) is 4.39. The summed E-state index contributed by atoms with van der Waals surface area (Å²) >= 11 is 1.91. The first-order chi connectivity index (χ1) is 16.9. The summed E-state index contributed by atoms with van der Waals surface area (Å²) in [7, 11) is 0. The van der Waals surface area contributed by atoms with Gasteiger partial charge in [-0.15, -0.1) is 11.3 Å². The first-order valence-electron chi connectivity index (χ1n) is 11.5. The maximum Gasteiger partial charge on any atom is 0.0640 e. The lowest BCUT2D eigenvalue weighted by atomic mass is 9.97. The van der Waals surface area contributed by atoms with Crippen LogP contribution in [0.15, 0.2) is 127 Å². The highest BCUT2D eigenvalue weighted by molar-refractivity contribution is 7.27. The van der Waals surface area contributed by atoms with Crippen LogP contribution in [0, 0.1) is 0 Å². The summed E-state index contributed by atoms with van der Waals surface area (Å²) in [4.78, 5) is 2.38. The van der Waals surface area contributed by atoms with Crippen LogP contribution >= 0.6 is 11.3 Å². The number of nitrogens with zero attached hydrogens (tertiary/aromatic N) is 1. The molecule has 7 rings (SSSR count). The molecule has 1 heterocycles. The van der Waals surface area contributed by atoms with Gasteiger partial charge in [0.2, 0.25) is 0 Å². The lowest BCUT2D eigenvalue weighted by molar-refractivity contribution is 1.30. The van der Waals surface area contributed by atoms with Gasteiger partial charge in [-0.05, 0) is 46.5 Å². The zero-order valence-corrected chi connectivity index (χ0v) is 19.3. The van der Waals surface area contributed by atoms with Crippen LogP contribution in [-0.4, -0.2) is 0 Å². The number of thiophene rings is 1. The summed E-state index contributed by atoms with van der Waals surface area (Å²) in [6.45, 7) is 0. The monoisotopic (exact) mass is 451 g/mol. The molecule has 0 spiro atoms. The van der Waals surface area contributed by atoms with E-state index in [9.17, 15) is 0 Å². The number of rotatable bonds is 3. The van der Waals surface area contributed by atoms with Crippen molar-refractivity contribution in [3.63, 3.8) is 0 Å². The van der Waals surface area contributed by atoms with Gasteiger partial charge in [0.05, 0.1) is 10.4 Å². The SMILES string of the molecule is c1ccc(N(c2ccccc2)c2cccc3c2sc2c4ccccc4c4ccccc4c32)cc1. The number of hydrogen-bond acceptors (Lipinski definition) is 2. The first-order valence-corrected chi connectivity index (χ1v) is 12.4. The molecule has 0 N–H and O–H groups in total. The second-order valence-corrected chi connectivity index (χ2v) is 9.58. The smallest absolute Gasteiger partial charge is 0.0640 e. The number of para-hydroxylation sites is 2. The Bertz CT molecular complexity index is 1760. The summed E-state index contributed by atoms with van der Waals surface area (Å²) in [6, 6.07) is 45.7. The third-order valence-electron chi connectivity index (χ3n) is 6.62. The average Bonchev–Trinajstić information content (AvgIpc) is 3.31. The summed E-state index contributed by atoms with van der Waals surface area (Å²) < 4.78 is 2.67. The Hall–Kier alpha value is -4.14.